The van der Waals surface area contributed by atoms with Gasteiger partial charge in [-0.25, -0.2) is 0 Å². The van der Waals surface area contributed by atoms with Crippen molar-refractivity contribution in [3.05, 3.63) is 30.1 Å². The molecule has 1 saturated heterocycles. The monoisotopic (exact) mass is 339 g/mol. The van der Waals surface area contributed by atoms with E-state index in [1.54, 1.807) is 16.8 Å². The quantitative estimate of drug-likeness (QED) is 0.859. The molecule has 2 heterocycles. The maximum atomic E-state index is 12.2. The Balaban J connectivity index is 1.67. The van der Waals surface area contributed by atoms with Gasteiger partial charge in [-0.3, -0.25) is 4.90 Å². The van der Waals surface area contributed by atoms with Crippen LogP contribution in [0.2, 0.25) is 0 Å². The number of hydrogen-bond acceptors (Lipinski definition) is 6. The first kappa shape index (κ1) is 16.7. The molecule has 7 nitrogen and oxygen atoms in total. The molecule has 0 spiro atoms. The number of rotatable bonds is 6. The molecule has 0 unspecified atom stereocenters. The van der Waals surface area contributed by atoms with Crippen molar-refractivity contribution < 1.29 is 18.6 Å². The van der Waals surface area contributed by atoms with Crippen molar-refractivity contribution in [2.24, 2.45) is 5.92 Å². The average Bonchev–Trinajstić information content (AvgIpc) is 3.04. The number of hydrogen-bond donors (Lipinski definition) is 1. The fourth-order valence-electron chi connectivity index (χ4n) is 2.80. The van der Waals surface area contributed by atoms with E-state index in [0.717, 1.165) is 25.9 Å². The van der Waals surface area contributed by atoms with E-state index >= 15 is 0 Å². The Morgan fingerprint density at radius 3 is 2.54 bits per heavy atom. The number of piperidine rings is 1. The number of alkyl halides is 2. The molecule has 0 aliphatic carbocycles. The highest BCUT2D eigenvalue weighted by atomic mass is 19.3. The number of halogens is 2. The van der Waals surface area contributed by atoms with Crippen molar-refractivity contribution in [2.45, 2.75) is 26.0 Å². The van der Waals surface area contributed by atoms with Crippen LogP contribution in [0.1, 0.15) is 18.7 Å². The van der Waals surface area contributed by atoms with Gasteiger partial charge in [0, 0.05) is 6.61 Å². The molecule has 24 heavy (non-hydrogen) atoms. The third-order valence-electron chi connectivity index (χ3n) is 4.17. The highest BCUT2D eigenvalue weighted by Crippen LogP contribution is 2.20. The zero-order chi connectivity index (χ0) is 16.9. The number of aromatic nitrogens is 4. The lowest BCUT2D eigenvalue weighted by molar-refractivity contribution is -0.0498. The normalized spacial score (nSPS) is 16.7. The minimum absolute atomic E-state index is 0.0921. The first-order chi connectivity index (χ1) is 11.7. The van der Waals surface area contributed by atoms with Gasteiger partial charge in [-0.15, -0.1) is 5.10 Å². The summed E-state index contributed by atoms with van der Waals surface area (Å²) in [4.78, 5) is 2.24. The zero-order valence-corrected chi connectivity index (χ0v) is 13.1. The van der Waals surface area contributed by atoms with Gasteiger partial charge in [0.05, 0.1) is 12.2 Å². The van der Waals surface area contributed by atoms with Crippen molar-refractivity contribution >= 4 is 0 Å². The number of likely N-dealkylation sites (tertiary alicyclic amines) is 1. The van der Waals surface area contributed by atoms with Crippen LogP contribution in [0, 0.1) is 5.92 Å². The molecular formula is C15H19F2N5O2. The van der Waals surface area contributed by atoms with Crippen LogP contribution >= 0.6 is 0 Å². The first-order valence-electron chi connectivity index (χ1n) is 7.81. The molecule has 0 bridgehead atoms. The van der Waals surface area contributed by atoms with Crippen LogP contribution in [0.3, 0.4) is 0 Å². The number of tetrazole rings is 1. The van der Waals surface area contributed by atoms with E-state index in [1.807, 2.05) is 0 Å². The average molecular weight is 339 g/mol. The molecule has 3 rings (SSSR count). The predicted molar refractivity (Wildman–Crippen MR) is 80.9 cm³/mol. The van der Waals surface area contributed by atoms with Gasteiger partial charge in [0.2, 0.25) is 0 Å². The molecule has 1 aliphatic rings. The molecule has 0 amide bonds. The number of nitrogens with zero attached hydrogens (tertiary/aromatic N) is 5. The molecule has 1 fully saturated rings. The molecule has 1 N–H and O–H groups in total. The molecule has 9 heteroatoms. The largest absolute Gasteiger partial charge is 0.435 e. The zero-order valence-electron chi connectivity index (χ0n) is 13.1. The van der Waals surface area contributed by atoms with Crippen LogP contribution < -0.4 is 4.74 Å². The van der Waals surface area contributed by atoms with E-state index in [4.69, 9.17) is 0 Å². The van der Waals surface area contributed by atoms with E-state index in [2.05, 4.69) is 25.2 Å². The summed E-state index contributed by atoms with van der Waals surface area (Å²) >= 11 is 0. The molecule has 2 aromatic rings. The fraction of sp³-hybridized carbons (Fsp3) is 0.533. The molecule has 1 aliphatic heterocycles. The van der Waals surface area contributed by atoms with Crippen LogP contribution in [-0.2, 0) is 6.54 Å². The Bertz CT molecular complexity index is 642. The van der Waals surface area contributed by atoms with Gasteiger partial charge >= 0.3 is 6.61 Å². The van der Waals surface area contributed by atoms with Crippen molar-refractivity contribution in [3.63, 3.8) is 0 Å². The van der Waals surface area contributed by atoms with E-state index in [-0.39, 0.29) is 12.4 Å². The lowest BCUT2D eigenvalue weighted by atomic mass is 9.98. The van der Waals surface area contributed by atoms with E-state index in [1.165, 1.54) is 12.1 Å². The number of ether oxygens (including phenoxy) is 1. The second-order valence-electron chi connectivity index (χ2n) is 5.78. The Hall–Kier alpha value is -2.13. The lowest BCUT2D eigenvalue weighted by Crippen LogP contribution is -2.35. The predicted octanol–water partition coefficient (Wildman–Crippen LogP) is 1.47. The van der Waals surface area contributed by atoms with E-state index in [9.17, 15) is 13.9 Å². The molecule has 1 aromatic heterocycles. The summed E-state index contributed by atoms with van der Waals surface area (Å²) in [7, 11) is 0. The van der Waals surface area contributed by atoms with Gasteiger partial charge in [0.25, 0.3) is 0 Å². The molecule has 0 saturated carbocycles. The van der Waals surface area contributed by atoms with Gasteiger partial charge in [-0.1, -0.05) is 0 Å². The summed E-state index contributed by atoms with van der Waals surface area (Å²) in [6.45, 7) is -0.237. The Kier molecular flexibility index (Phi) is 5.31. The topological polar surface area (TPSA) is 76.3 Å². The van der Waals surface area contributed by atoms with Crippen LogP contribution in [0.15, 0.2) is 24.3 Å². The number of benzene rings is 1. The summed E-state index contributed by atoms with van der Waals surface area (Å²) in [6, 6.07) is 6.19. The lowest BCUT2D eigenvalue weighted by Gasteiger charge is -2.30. The number of aliphatic hydroxyl groups is 1. The Morgan fingerprint density at radius 1 is 1.21 bits per heavy atom. The minimum atomic E-state index is -2.85. The first-order valence-corrected chi connectivity index (χ1v) is 7.81. The standard InChI is InChI=1S/C15H19F2N5O2/c16-15(17)24-13-3-1-12(2-4-13)22-14(18-19-20-22)9-21-7-5-11(10-23)6-8-21/h1-4,11,15,23H,5-10H2. The molecule has 0 radical (unpaired) electrons. The maximum absolute atomic E-state index is 12.2. The molecule has 0 atom stereocenters. The SMILES string of the molecule is OCC1CCN(Cc2nnnn2-c2ccc(OC(F)F)cc2)CC1. The summed E-state index contributed by atoms with van der Waals surface area (Å²) in [6.07, 6.45) is 1.91. The Labute approximate surface area is 137 Å². The van der Waals surface area contributed by atoms with Crippen molar-refractivity contribution in [1.29, 1.82) is 0 Å². The van der Waals surface area contributed by atoms with Crippen LogP contribution in [0.25, 0.3) is 5.69 Å². The van der Waals surface area contributed by atoms with Gasteiger partial charge in [-0.2, -0.15) is 13.5 Å². The molecule has 1 aromatic carbocycles. The van der Waals surface area contributed by atoms with Gasteiger partial charge in [0.15, 0.2) is 5.82 Å². The second-order valence-corrected chi connectivity index (χ2v) is 5.78. The van der Waals surface area contributed by atoms with Gasteiger partial charge in [0.1, 0.15) is 5.75 Å². The van der Waals surface area contributed by atoms with Gasteiger partial charge in [-0.05, 0) is 66.5 Å². The second kappa shape index (κ2) is 7.63. The van der Waals surface area contributed by atoms with Crippen molar-refractivity contribution in [3.8, 4) is 11.4 Å². The smallest absolute Gasteiger partial charge is 0.387 e. The maximum Gasteiger partial charge on any atom is 0.387 e. The van der Waals surface area contributed by atoms with Crippen molar-refractivity contribution in [2.75, 3.05) is 19.7 Å². The third-order valence-corrected chi connectivity index (χ3v) is 4.17. The van der Waals surface area contributed by atoms with Crippen molar-refractivity contribution in [1.82, 2.24) is 25.1 Å². The molecular weight excluding hydrogens is 320 g/mol. The third kappa shape index (κ3) is 4.04. The highest BCUT2D eigenvalue weighted by Gasteiger charge is 2.20. The Morgan fingerprint density at radius 2 is 1.92 bits per heavy atom. The van der Waals surface area contributed by atoms with E-state index in [0.29, 0.717) is 24.0 Å². The summed E-state index contributed by atoms with van der Waals surface area (Å²) < 4.78 is 30.3. The van der Waals surface area contributed by atoms with Gasteiger partial charge < -0.3 is 9.84 Å². The minimum Gasteiger partial charge on any atom is -0.435 e. The fourth-order valence-corrected chi connectivity index (χ4v) is 2.80. The highest BCUT2D eigenvalue weighted by molar-refractivity contribution is 5.37. The van der Waals surface area contributed by atoms with E-state index < -0.39 is 6.61 Å². The van der Waals surface area contributed by atoms with Crippen LogP contribution in [0.4, 0.5) is 8.78 Å². The molecule has 130 valence electrons. The van der Waals surface area contributed by atoms with Crippen LogP contribution in [0.5, 0.6) is 5.75 Å². The summed E-state index contributed by atoms with van der Waals surface area (Å²) in [5.74, 6) is 1.15. The van der Waals surface area contributed by atoms with Crippen LogP contribution in [-0.4, -0.2) is 56.5 Å². The number of aliphatic hydroxyl groups excluding tert-OH is 1. The summed E-state index contributed by atoms with van der Waals surface area (Å²) in [5.41, 5.74) is 0.682. The summed E-state index contributed by atoms with van der Waals surface area (Å²) in [5, 5.41) is 20.9.